The molecule has 0 aromatic rings. The molecule has 0 aliphatic carbocycles. The van der Waals surface area contributed by atoms with Crippen molar-refractivity contribution in [1.82, 2.24) is 0 Å². The second-order valence-corrected chi connectivity index (χ2v) is 3.84. The maximum Gasteiger partial charge on any atom is 0.330 e. The summed E-state index contributed by atoms with van der Waals surface area (Å²) in [6.07, 6.45) is 1.49. The SMILES string of the molecule is CCCCOS(=O)(=O)C(C)=O. The molecule has 0 aromatic heterocycles. The van der Waals surface area contributed by atoms with Gasteiger partial charge in [0.15, 0.2) is 0 Å². The van der Waals surface area contributed by atoms with E-state index in [1.54, 1.807) is 0 Å². The monoisotopic (exact) mass is 180 g/mol. The van der Waals surface area contributed by atoms with Crippen LogP contribution in [0.2, 0.25) is 0 Å². The van der Waals surface area contributed by atoms with Crippen molar-refractivity contribution in [3.05, 3.63) is 0 Å². The zero-order valence-electron chi connectivity index (χ0n) is 6.66. The molecule has 0 aromatic carbocycles. The average molecular weight is 180 g/mol. The van der Waals surface area contributed by atoms with Gasteiger partial charge in [0.1, 0.15) is 0 Å². The number of carbonyl (C=O) groups is 1. The van der Waals surface area contributed by atoms with Crippen LogP contribution in [-0.2, 0) is 19.1 Å². The Morgan fingerprint density at radius 3 is 2.36 bits per heavy atom. The third kappa shape index (κ3) is 4.10. The molecule has 0 amide bonds. The standard InChI is InChI=1S/C6H12O4S/c1-3-4-5-10-11(8,9)6(2)7/h3-5H2,1-2H3. The molecule has 0 saturated carbocycles. The Morgan fingerprint density at radius 1 is 1.45 bits per heavy atom. The van der Waals surface area contributed by atoms with E-state index in [0.717, 1.165) is 13.3 Å². The minimum atomic E-state index is -3.91. The lowest BCUT2D eigenvalue weighted by atomic mass is 10.4. The fraction of sp³-hybridized carbons (Fsp3) is 0.833. The maximum absolute atomic E-state index is 10.6. The molecule has 0 bridgehead atoms. The summed E-state index contributed by atoms with van der Waals surface area (Å²) in [7, 11) is -3.91. The van der Waals surface area contributed by atoms with E-state index < -0.39 is 15.2 Å². The van der Waals surface area contributed by atoms with E-state index in [-0.39, 0.29) is 6.61 Å². The maximum atomic E-state index is 10.6. The van der Waals surface area contributed by atoms with Crippen molar-refractivity contribution < 1.29 is 17.4 Å². The van der Waals surface area contributed by atoms with Crippen LogP contribution in [0.15, 0.2) is 0 Å². The lowest BCUT2D eigenvalue weighted by Gasteiger charge is -1.99. The van der Waals surface area contributed by atoms with E-state index in [9.17, 15) is 13.2 Å². The molecule has 66 valence electrons. The second kappa shape index (κ2) is 4.46. The zero-order chi connectivity index (χ0) is 8.91. The molecule has 0 N–H and O–H groups in total. The van der Waals surface area contributed by atoms with Crippen LogP contribution in [0, 0.1) is 0 Å². The summed E-state index contributed by atoms with van der Waals surface area (Å²) in [5, 5.41) is -0.936. The lowest BCUT2D eigenvalue weighted by molar-refractivity contribution is -0.110. The molecule has 0 atom stereocenters. The van der Waals surface area contributed by atoms with Crippen molar-refractivity contribution in [2.45, 2.75) is 26.7 Å². The van der Waals surface area contributed by atoms with Crippen LogP contribution in [0.3, 0.4) is 0 Å². The number of hydrogen-bond acceptors (Lipinski definition) is 4. The molecular formula is C6H12O4S. The third-order valence-corrected chi connectivity index (χ3v) is 2.27. The molecule has 11 heavy (non-hydrogen) atoms. The minimum absolute atomic E-state index is 0.0956. The van der Waals surface area contributed by atoms with Gasteiger partial charge in [-0.05, 0) is 6.42 Å². The van der Waals surface area contributed by atoms with E-state index in [0.29, 0.717) is 6.42 Å². The van der Waals surface area contributed by atoms with E-state index >= 15 is 0 Å². The third-order valence-electron chi connectivity index (χ3n) is 1.09. The van der Waals surface area contributed by atoms with Crippen molar-refractivity contribution in [2.75, 3.05) is 6.61 Å². The first kappa shape index (κ1) is 10.6. The normalized spacial score (nSPS) is 11.5. The molecule has 0 spiro atoms. The van der Waals surface area contributed by atoms with Gasteiger partial charge in [-0.15, -0.1) is 0 Å². The highest BCUT2D eigenvalue weighted by molar-refractivity contribution is 8.01. The van der Waals surface area contributed by atoms with E-state index in [1.165, 1.54) is 0 Å². The van der Waals surface area contributed by atoms with Crippen molar-refractivity contribution in [2.24, 2.45) is 0 Å². The number of unbranched alkanes of at least 4 members (excludes halogenated alkanes) is 1. The second-order valence-electron chi connectivity index (χ2n) is 2.12. The van der Waals surface area contributed by atoms with Crippen molar-refractivity contribution in [1.29, 1.82) is 0 Å². The van der Waals surface area contributed by atoms with Gasteiger partial charge >= 0.3 is 10.1 Å². The Balaban J connectivity index is 3.85. The van der Waals surface area contributed by atoms with Crippen LogP contribution < -0.4 is 0 Å². The Labute approximate surface area is 66.7 Å². The van der Waals surface area contributed by atoms with E-state index in [4.69, 9.17) is 0 Å². The number of hydrogen-bond donors (Lipinski definition) is 0. The molecule has 0 fully saturated rings. The summed E-state index contributed by atoms with van der Waals surface area (Å²) < 4.78 is 25.6. The van der Waals surface area contributed by atoms with Gasteiger partial charge in [-0.25, -0.2) is 0 Å². The summed E-state index contributed by atoms with van der Waals surface area (Å²) in [6, 6.07) is 0. The fourth-order valence-corrected chi connectivity index (χ4v) is 0.899. The van der Waals surface area contributed by atoms with Crippen LogP contribution in [0.5, 0.6) is 0 Å². The average Bonchev–Trinajstić information content (AvgIpc) is 1.88. The molecular weight excluding hydrogens is 168 g/mol. The zero-order valence-corrected chi connectivity index (χ0v) is 7.48. The smallest absolute Gasteiger partial charge is 0.279 e. The van der Waals surface area contributed by atoms with Crippen LogP contribution in [-0.4, -0.2) is 20.1 Å². The highest BCUT2D eigenvalue weighted by atomic mass is 32.2. The molecule has 0 radical (unpaired) electrons. The van der Waals surface area contributed by atoms with Crippen molar-refractivity contribution in [3.63, 3.8) is 0 Å². The van der Waals surface area contributed by atoms with Gasteiger partial charge in [0.25, 0.3) is 5.12 Å². The van der Waals surface area contributed by atoms with Crippen LogP contribution in [0.4, 0.5) is 0 Å². The molecule has 0 saturated heterocycles. The van der Waals surface area contributed by atoms with Gasteiger partial charge in [-0.1, -0.05) is 13.3 Å². The first-order valence-corrected chi connectivity index (χ1v) is 4.81. The van der Waals surface area contributed by atoms with E-state index in [1.807, 2.05) is 6.92 Å². The van der Waals surface area contributed by atoms with Gasteiger partial charge in [0.2, 0.25) is 0 Å². The summed E-state index contributed by atoms with van der Waals surface area (Å²) in [4.78, 5) is 10.3. The van der Waals surface area contributed by atoms with E-state index in [2.05, 4.69) is 4.18 Å². The Morgan fingerprint density at radius 2 is 2.00 bits per heavy atom. The van der Waals surface area contributed by atoms with Gasteiger partial charge in [0.05, 0.1) is 6.61 Å². The lowest BCUT2D eigenvalue weighted by Crippen LogP contribution is -2.14. The minimum Gasteiger partial charge on any atom is -0.279 e. The molecule has 0 heterocycles. The first-order chi connectivity index (χ1) is 5.00. The highest BCUT2D eigenvalue weighted by Crippen LogP contribution is 1.97. The topological polar surface area (TPSA) is 60.4 Å². The first-order valence-electron chi connectivity index (χ1n) is 3.40. The van der Waals surface area contributed by atoms with Crippen LogP contribution in [0.1, 0.15) is 26.7 Å². The Kier molecular flexibility index (Phi) is 4.29. The number of carbonyl (C=O) groups excluding carboxylic acids is 1. The Bertz CT molecular complexity index is 217. The van der Waals surface area contributed by atoms with Crippen LogP contribution >= 0.6 is 0 Å². The van der Waals surface area contributed by atoms with Gasteiger partial charge < -0.3 is 0 Å². The fourth-order valence-electron chi connectivity index (χ4n) is 0.396. The summed E-state index contributed by atoms with van der Waals surface area (Å²) in [6.45, 7) is 2.98. The van der Waals surface area contributed by atoms with Gasteiger partial charge in [-0.2, -0.15) is 8.42 Å². The van der Waals surface area contributed by atoms with Crippen LogP contribution in [0.25, 0.3) is 0 Å². The molecule has 0 rings (SSSR count). The molecule has 0 aliphatic heterocycles. The molecule has 0 aliphatic rings. The summed E-state index contributed by atoms with van der Waals surface area (Å²) >= 11 is 0. The van der Waals surface area contributed by atoms with Gasteiger partial charge in [-0.3, -0.25) is 8.98 Å². The molecule has 0 unspecified atom stereocenters. The highest BCUT2D eigenvalue weighted by Gasteiger charge is 2.16. The predicted molar refractivity (Wildman–Crippen MR) is 40.5 cm³/mol. The van der Waals surface area contributed by atoms with Crippen molar-refractivity contribution in [3.8, 4) is 0 Å². The quantitative estimate of drug-likeness (QED) is 0.471. The predicted octanol–water partition coefficient (Wildman–Crippen LogP) is 0.679. The largest absolute Gasteiger partial charge is 0.330 e. The summed E-state index contributed by atoms with van der Waals surface area (Å²) in [5.41, 5.74) is 0. The molecule has 5 heteroatoms. The van der Waals surface area contributed by atoms with Gasteiger partial charge in [0, 0.05) is 6.92 Å². The number of rotatable bonds is 4. The summed E-state index contributed by atoms with van der Waals surface area (Å²) in [5.74, 6) is 0. The Hall–Kier alpha value is -0.420. The molecule has 4 nitrogen and oxygen atoms in total. The van der Waals surface area contributed by atoms with Crippen molar-refractivity contribution >= 4 is 15.2 Å².